The van der Waals surface area contributed by atoms with Crippen molar-refractivity contribution in [3.8, 4) is 11.5 Å². The molecule has 6 nitrogen and oxygen atoms in total. The fraction of sp³-hybridized carbons (Fsp3) is 0.300. The number of methoxy groups -OCH3 is 2. The number of rotatable bonds is 4. The SMILES string of the molecule is COc1cc(S(C)(=O)=O)cc(C(=O)O)c1OC. The van der Waals surface area contributed by atoms with Crippen molar-refractivity contribution in [2.45, 2.75) is 4.90 Å². The molecule has 17 heavy (non-hydrogen) atoms. The van der Waals surface area contributed by atoms with Crippen LogP contribution in [0.2, 0.25) is 0 Å². The standard InChI is InChI=1S/C10H12O6S/c1-15-8-5-6(17(3,13)14)4-7(10(11)12)9(8)16-2/h4-5H,1-3H3,(H,11,12). The first-order valence-electron chi connectivity index (χ1n) is 4.50. The molecule has 0 amide bonds. The monoisotopic (exact) mass is 260 g/mol. The Hall–Kier alpha value is -1.76. The van der Waals surface area contributed by atoms with E-state index in [1.165, 1.54) is 20.3 Å². The van der Waals surface area contributed by atoms with Crippen LogP contribution >= 0.6 is 0 Å². The molecule has 0 aliphatic carbocycles. The summed E-state index contributed by atoms with van der Waals surface area (Å²) in [7, 11) is -0.932. The molecule has 0 saturated carbocycles. The fourth-order valence-corrected chi connectivity index (χ4v) is 1.97. The molecule has 0 saturated heterocycles. The molecule has 7 heteroatoms. The highest BCUT2D eigenvalue weighted by atomic mass is 32.2. The molecule has 1 rings (SSSR count). The van der Waals surface area contributed by atoms with Gasteiger partial charge >= 0.3 is 5.97 Å². The summed E-state index contributed by atoms with van der Waals surface area (Å²) in [6.45, 7) is 0. The molecule has 0 atom stereocenters. The first-order chi connectivity index (χ1) is 7.81. The minimum atomic E-state index is -3.52. The van der Waals surface area contributed by atoms with E-state index in [9.17, 15) is 13.2 Å². The lowest BCUT2D eigenvalue weighted by molar-refractivity contribution is 0.0692. The van der Waals surface area contributed by atoms with Gasteiger partial charge in [-0.3, -0.25) is 0 Å². The zero-order chi connectivity index (χ0) is 13.2. The van der Waals surface area contributed by atoms with Crippen molar-refractivity contribution in [1.29, 1.82) is 0 Å². The minimum absolute atomic E-state index is 0.00704. The molecule has 94 valence electrons. The minimum Gasteiger partial charge on any atom is -0.493 e. The van der Waals surface area contributed by atoms with Crippen molar-refractivity contribution in [3.63, 3.8) is 0 Å². The summed E-state index contributed by atoms with van der Waals surface area (Å²) in [6.07, 6.45) is 0.986. The summed E-state index contributed by atoms with van der Waals surface area (Å²) in [5, 5.41) is 8.98. The van der Waals surface area contributed by atoms with Crippen LogP contribution in [0.1, 0.15) is 10.4 Å². The third kappa shape index (κ3) is 2.68. The van der Waals surface area contributed by atoms with E-state index in [2.05, 4.69) is 0 Å². The van der Waals surface area contributed by atoms with E-state index >= 15 is 0 Å². The highest BCUT2D eigenvalue weighted by molar-refractivity contribution is 7.90. The van der Waals surface area contributed by atoms with Gasteiger partial charge in [-0.25, -0.2) is 13.2 Å². The van der Waals surface area contributed by atoms with Gasteiger partial charge in [0.25, 0.3) is 0 Å². The van der Waals surface area contributed by atoms with E-state index in [4.69, 9.17) is 14.6 Å². The Morgan fingerprint density at radius 2 is 1.82 bits per heavy atom. The number of benzene rings is 1. The van der Waals surface area contributed by atoms with Gasteiger partial charge in [0.1, 0.15) is 5.56 Å². The van der Waals surface area contributed by atoms with Crippen LogP contribution < -0.4 is 9.47 Å². The second-order valence-corrected chi connectivity index (χ2v) is 5.30. The number of carboxylic acids is 1. The summed E-state index contributed by atoms with van der Waals surface area (Å²) in [4.78, 5) is 10.9. The lowest BCUT2D eigenvalue weighted by atomic mass is 10.2. The zero-order valence-electron chi connectivity index (χ0n) is 9.55. The smallest absolute Gasteiger partial charge is 0.339 e. The molecule has 0 aromatic heterocycles. The maximum Gasteiger partial charge on any atom is 0.339 e. The zero-order valence-corrected chi connectivity index (χ0v) is 10.4. The van der Waals surface area contributed by atoms with Crippen LogP contribution in [0.5, 0.6) is 11.5 Å². The number of carboxylic acid groups (broad SMARTS) is 1. The van der Waals surface area contributed by atoms with Crippen molar-refractivity contribution < 1.29 is 27.8 Å². The summed E-state index contributed by atoms with van der Waals surface area (Å²) in [5.41, 5.74) is -0.257. The van der Waals surface area contributed by atoms with Crippen molar-refractivity contribution >= 4 is 15.8 Å². The van der Waals surface area contributed by atoms with Gasteiger partial charge in [0.15, 0.2) is 21.3 Å². The van der Waals surface area contributed by atoms with Crippen LogP contribution in [0, 0.1) is 0 Å². The van der Waals surface area contributed by atoms with Crippen LogP contribution in [0.4, 0.5) is 0 Å². The quantitative estimate of drug-likeness (QED) is 0.861. The molecule has 0 bridgehead atoms. The molecule has 1 N–H and O–H groups in total. The largest absolute Gasteiger partial charge is 0.493 e. The van der Waals surface area contributed by atoms with E-state index < -0.39 is 15.8 Å². The average Bonchev–Trinajstić information content (AvgIpc) is 2.25. The molecule has 0 aliphatic rings. The third-order valence-electron chi connectivity index (χ3n) is 2.11. The van der Waals surface area contributed by atoms with Crippen LogP contribution in [0.25, 0.3) is 0 Å². The molecule has 1 aromatic carbocycles. The normalized spacial score (nSPS) is 11.0. The molecule has 0 heterocycles. The number of sulfone groups is 1. The second kappa shape index (κ2) is 4.62. The maximum absolute atomic E-state index is 11.4. The van der Waals surface area contributed by atoms with E-state index in [1.54, 1.807) is 0 Å². The molecule has 0 radical (unpaired) electrons. The Kier molecular flexibility index (Phi) is 3.62. The lowest BCUT2D eigenvalue weighted by Crippen LogP contribution is -2.06. The van der Waals surface area contributed by atoms with Gasteiger partial charge in [-0.05, 0) is 6.07 Å². The number of aromatic carboxylic acids is 1. The summed E-state index contributed by atoms with van der Waals surface area (Å²) in [5.74, 6) is -1.23. The third-order valence-corrected chi connectivity index (χ3v) is 3.20. The highest BCUT2D eigenvalue weighted by Gasteiger charge is 2.21. The van der Waals surface area contributed by atoms with Crippen molar-refractivity contribution in [1.82, 2.24) is 0 Å². The molecule has 0 aliphatic heterocycles. The summed E-state index contributed by atoms with van der Waals surface area (Å²) in [6, 6.07) is 2.26. The lowest BCUT2D eigenvalue weighted by Gasteiger charge is -2.12. The molecule has 0 unspecified atom stereocenters. The van der Waals surface area contributed by atoms with E-state index in [-0.39, 0.29) is 22.0 Å². The number of carbonyl (C=O) groups is 1. The Morgan fingerprint density at radius 1 is 1.24 bits per heavy atom. The van der Waals surface area contributed by atoms with Crippen LogP contribution in [-0.2, 0) is 9.84 Å². The molecular formula is C10H12O6S. The van der Waals surface area contributed by atoms with Crippen molar-refractivity contribution in [2.24, 2.45) is 0 Å². The molecule has 0 spiro atoms. The Balaban J connectivity index is 3.63. The van der Waals surface area contributed by atoms with Crippen LogP contribution in [-0.4, -0.2) is 40.0 Å². The Morgan fingerprint density at radius 3 is 2.18 bits per heavy atom. The van der Waals surface area contributed by atoms with Gasteiger partial charge < -0.3 is 14.6 Å². The van der Waals surface area contributed by atoms with Gasteiger partial charge in [0, 0.05) is 12.3 Å². The summed E-state index contributed by atoms with van der Waals surface area (Å²) >= 11 is 0. The molecule has 1 aromatic rings. The number of hydrogen-bond acceptors (Lipinski definition) is 5. The van der Waals surface area contributed by atoms with Crippen molar-refractivity contribution in [3.05, 3.63) is 17.7 Å². The fourth-order valence-electron chi connectivity index (χ4n) is 1.31. The van der Waals surface area contributed by atoms with Gasteiger partial charge in [-0.1, -0.05) is 0 Å². The van der Waals surface area contributed by atoms with Crippen molar-refractivity contribution in [2.75, 3.05) is 20.5 Å². The van der Waals surface area contributed by atoms with Gasteiger partial charge in [0.2, 0.25) is 0 Å². The maximum atomic E-state index is 11.4. The topological polar surface area (TPSA) is 89.9 Å². The van der Waals surface area contributed by atoms with Crippen LogP contribution in [0.15, 0.2) is 17.0 Å². The van der Waals surface area contributed by atoms with Gasteiger partial charge in [-0.15, -0.1) is 0 Å². The average molecular weight is 260 g/mol. The number of ether oxygens (including phenoxy) is 2. The summed E-state index contributed by atoms with van der Waals surface area (Å²) < 4.78 is 32.6. The molecule has 0 fully saturated rings. The highest BCUT2D eigenvalue weighted by Crippen LogP contribution is 2.34. The predicted octanol–water partition coefficient (Wildman–Crippen LogP) is 0.805. The Labute approximate surface area is 98.7 Å². The second-order valence-electron chi connectivity index (χ2n) is 3.28. The van der Waals surface area contributed by atoms with E-state index in [0.717, 1.165) is 12.3 Å². The predicted molar refractivity (Wildman–Crippen MR) is 59.6 cm³/mol. The van der Waals surface area contributed by atoms with Crippen LogP contribution in [0.3, 0.4) is 0 Å². The number of hydrogen-bond donors (Lipinski definition) is 1. The Bertz CT molecular complexity index is 546. The van der Waals surface area contributed by atoms with Gasteiger partial charge in [0.05, 0.1) is 19.1 Å². The first-order valence-corrected chi connectivity index (χ1v) is 6.39. The first kappa shape index (κ1) is 13.3. The van der Waals surface area contributed by atoms with E-state index in [0.29, 0.717) is 0 Å². The molecular weight excluding hydrogens is 248 g/mol. The van der Waals surface area contributed by atoms with E-state index in [1.807, 2.05) is 0 Å². The van der Waals surface area contributed by atoms with Gasteiger partial charge in [-0.2, -0.15) is 0 Å².